The van der Waals surface area contributed by atoms with Crippen molar-refractivity contribution in [1.82, 2.24) is 0 Å². The number of esters is 1. The molecule has 0 saturated carbocycles. The standard InChI is InChI=1S/C15H11BrCl2N2O3/c16-8-1-4-12(19)10(5-8)15(22)23-7-14(21)20-13-6-9(17)2-3-11(13)18/h1-6H,7,19H2,(H,20,21). The second-order valence-corrected chi connectivity index (χ2v) is 6.24. The predicted molar refractivity (Wildman–Crippen MR) is 93.9 cm³/mol. The van der Waals surface area contributed by atoms with Crippen molar-refractivity contribution in [1.29, 1.82) is 0 Å². The minimum Gasteiger partial charge on any atom is -0.452 e. The molecule has 0 spiro atoms. The lowest BCUT2D eigenvalue weighted by Gasteiger charge is -2.09. The predicted octanol–water partition coefficient (Wildman–Crippen LogP) is 4.13. The van der Waals surface area contributed by atoms with Gasteiger partial charge in [-0.3, -0.25) is 4.79 Å². The van der Waals surface area contributed by atoms with Crippen molar-refractivity contribution in [3.8, 4) is 0 Å². The third kappa shape index (κ3) is 4.86. The van der Waals surface area contributed by atoms with Gasteiger partial charge in [0.05, 0.1) is 16.3 Å². The van der Waals surface area contributed by atoms with E-state index in [2.05, 4.69) is 21.2 Å². The van der Waals surface area contributed by atoms with E-state index < -0.39 is 18.5 Å². The highest BCUT2D eigenvalue weighted by Crippen LogP contribution is 2.25. The number of nitrogen functional groups attached to an aromatic ring is 1. The molecule has 23 heavy (non-hydrogen) atoms. The van der Waals surface area contributed by atoms with Crippen LogP contribution in [0.3, 0.4) is 0 Å². The van der Waals surface area contributed by atoms with Crippen molar-refractivity contribution >= 4 is 62.4 Å². The Morgan fingerprint density at radius 1 is 1.17 bits per heavy atom. The van der Waals surface area contributed by atoms with Crippen molar-refractivity contribution in [2.75, 3.05) is 17.7 Å². The van der Waals surface area contributed by atoms with Gasteiger partial charge in [0.25, 0.3) is 5.91 Å². The average Bonchev–Trinajstić information content (AvgIpc) is 2.51. The molecule has 120 valence electrons. The van der Waals surface area contributed by atoms with Gasteiger partial charge in [-0.25, -0.2) is 4.79 Å². The van der Waals surface area contributed by atoms with Gasteiger partial charge in [-0.1, -0.05) is 39.1 Å². The largest absolute Gasteiger partial charge is 0.452 e. The quantitative estimate of drug-likeness (QED) is 0.578. The monoisotopic (exact) mass is 416 g/mol. The zero-order valence-electron chi connectivity index (χ0n) is 11.6. The molecule has 0 radical (unpaired) electrons. The van der Waals surface area contributed by atoms with Crippen LogP contribution in [0.5, 0.6) is 0 Å². The number of hydrogen-bond acceptors (Lipinski definition) is 4. The molecule has 0 aliphatic heterocycles. The first-order valence-electron chi connectivity index (χ1n) is 6.34. The molecule has 0 saturated heterocycles. The van der Waals surface area contributed by atoms with Crippen LogP contribution in [0.1, 0.15) is 10.4 Å². The SMILES string of the molecule is Nc1ccc(Br)cc1C(=O)OCC(=O)Nc1cc(Cl)ccc1Cl. The van der Waals surface area contributed by atoms with E-state index in [-0.39, 0.29) is 11.3 Å². The number of halogens is 3. The second-order valence-electron chi connectivity index (χ2n) is 4.48. The Kier molecular flexibility index (Phi) is 5.87. The molecule has 3 N–H and O–H groups in total. The number of rotatable bonds is 4. The van der Waals surface area contributed by atoms with Gasteiger partial charge in [0.15, 0.2) is 6.61 Å². The summed E-state index contributed by atoms with van der Waals surface area (Å²) in [5.41, 5.74) is 6.47. The molecule has 0 fully saturated rings. The van der Waals surface area contributed by atoms with Crippen LogP contribution in [0.4, 0.5) is 11.4 Å². The normalized spacial score (nSPS) is 10.2. The molecule has 2 aromatic carbocycles. The molecular weight excluding hydrogens is 407 g/mol. The number of carbonyl (C=O) groups is 2. The molecule has 8 heteroatoms. The van der Waals surface area contributed by atoms with Crippen LogP contribution in [0.2, 0.25) is 10.0 Å². The summed E-state index contributed by atoms with van der Waals surface area (Å²) < 4.78 is 5.61. The van der Waals surface area contributed by atoms with Gasteiger partial charge >= 0.3 is 5.97 Å². The van der Waals surface area contributed by atoms with E-state index in [0.717, 1.165) is 0 Å². The maximum atomic E-state index is 11.9. The van der Waals surface area contributed by atoms with Crippen LogP contribution < -0.4 is 11.1 Å². The summed E-state index contributed by atoms with van der Waals surface area (Å²) in [6.45, 7) is -0.479. The molecule has 2 aromatic rings. The van der Waals surface area contributed by atoms with E-state index in [9.17, 15) is 9.59 Å². The van der Waals surface area contributed by atoms with Gasteiger partial charge in [0.2, 0.25) is 0 Å². The molecule has 0 unspecified atom stereocenters. The van der Waals surface area contributed by atoms with Crippen molar-refractivity contribution in [2.45, 2.75) is 0 Å². The van der Waals surface area contributed by atoms with Crippen molar-refractivity contribution in [2.24, 2.45) is 0 Å². The second kappa shape index (κ2) is 7.68. The molecule has 1 amide bonds. The molecule has 5 nitrogen and oxygen atoms in total. The maximum Gasteiger partial charge on any atom is 0.340 e. The summed E-state index contributed by atoms with van der Waals surface area (Å²) in [5, 5.41) is 3.26. The Balaban J connectivity index is 1.97. The minimum absolute atomic E-state index is 0.174. The number of anilines is 2. The van der Waals surface area contributed by atoms with E-state index in [1.807, 2.05) is 0 Å². The topological polar surface area (TPSA) is 81.4 Å². The lowest BCUT2D eigenvalue weighted by Crippen LogP contribution is -2.21. The summed E-state index contributed by atoms with van der Waals surface area (Å²) >= 11 is 15.0. The van der Waals surface area contributed by atoms with Gasteiger partial charge in [-0.05, 0) is 36.4 Å². The fourth-order valence-corrected chi connectivity index (χ4v) is 2.39. The van der Waals surface area contributed by atoms with Crippen LogP contribution in [-0.2, 0) is 9.53 Å². The number of nitrogens with one attached hydrogen (secondary N) is 1. The van der Waals surface area contributed by atoms with Gasteiger partial charge in [-0.2, -0.15) is 0 Å². The molecule has 0 atom stereocenters. The van der Waals surface area contributed by atoms with E-state index in [1.54, 1.807) is 24.3 Å². The summed E-state index contributed by atoms with van der Waals surface area (Å²) in [5.74, 6) is -1.24. The number of benzene rings is 2. The average molecular weight is 418 g/mol. The Labute approximate surface area is 150 Å². The van der Waals surface area contributed by atoms with Crippen molar-refractivity contribution < 1.29 is 14.3 Å². The van der Waals surface area contributed by atoms with Crippen molar-refractivity contribution in [3.63, 3.8) is 0 Å². The highest BCUT2D eigenvalue weighted by Gasteiger charge is 2.14. The van der Waals surface area contributed by atoms with E-state index >= 15 is 0 Å². The molecule has 0 bridgehead atoms. The minimum atomic E-state index is -0.698. The lowest BCUT2D eigenvalue weighted by molar-refractivity contribution is -0.119. The summed E-state index contributed by atoms with van der Waals surface area (Å²) in [6.07, 6.45) is 0. The lowest BCUT2D eigenvalue weighted by atomic mass is 10.2. The number of hydrogen-bond donors (Lipinski definition) is 2. The first kappa shape index (κ1) is 17.6. The van der Waals surface area contributed by atoms with Crippen LogP contribution >= 0.6 is 39.1 Å². The number of nitrogens with two attached hydrogens (primary N) is 1. The highest BCUT2D eigenvalue weighted by molar-refractivity contribution is 9.10. The number of ether oxygens (including phenoxy) is 1. The van der Waals surface area contributed by atoms with E-state index in [0.29, 0.717) is 20.2 Å². The van der Waals surface area contributed by atoms with Gasteiger partial charge in [0.1, 0.15) is 0 Å². The summed E-state index contributed by atoms with van der Waals surface area (Å²) in [7, 11) is 0. The van der Waals surface area contributed by atoms with Gasteiger partial charge < -0.3 is 15.8 Å². The fourth-order valence-electron chi connectivity index (χ4n) is 1.69. The van der Waals surface area contributed by atoms with Crippen molar-refractivity contribution in [3.05, 3.63) is 56.5 Å². The van der Waals surface area contributed by atoms with E-state index in [4.69, 9.17) is 33.7 Å². The molecule has 0 aliphatic rings. The van der Waals surface area contributed by atoms with Gasteiger partial charge in [-0.15, -0.1) is 0 Å². The highest BCUT2D eigenvalue weighted by atomic mass is 79.9. The molecule has 0 heterocycles. The first-order valence-corrected chi connectivity index (χ1v) is 7.89. The number of amides is 1. The zero-order valence-corrected chi connectivity index (χ0v) is 14.7. The third-order valence-electron chi connectivity index (χ3n) is 2.77. The smallest absolute Gasteiger partial charge is 0.340 e. The number of carbonyl (C=O) groups excluding carboxylic acids is 2. The Hall–Kier alpha value is -1.76. The molecular formula is C15H11BrCl2N2O3. The summed E-state index contributed by atoms with van der Waals surface area (Å²) in [4.78, 5) is 23.8. The fraction of sp³-hybridized carbons (Fsp3) is 0.0667. The van der Waals surface area contributed by atoms with Gasteiger partial charge in [0, 0.05) is 15.2 Å². The molecule has 0 aromatic heterocycles. The summed E-state index contributed by atoms with van der Waals surface area (Å²) in [6, 6.07) is 9.41. The van der Waals surface area contributed by atoms with E-state index in [1.165, 1.54) is 12.1 Å². The molecule has 0 aliphatic carbocycles. The Morgan fingerprint density at radius 3 is 2.65 bits per heavy atom. The van der Waals surface area contributed by atoms with Crippen LogP contribution in [0, 0.1) is 0 Å². The van der Waals surface area contributed by atoms with Crippen LogP contribution in [0.25, 0.3) is 0 Å². The molecule has 2 rings (SSSR count). The Bertz CT molecular complexity index is 768. The van der Waals surface area contributed by atoms with Crippen LogP contribution in [0.15, 0.2) is 40.9 Å². The maximum absolute atomic E-state index is 11.9. The third-order valence-corrected chi connectivity index (χ3v) is 3.83. The zero-order chi connectivity index (χ0) is 17.0. The Morgan fingerprint density at radius 2 is 1.91 bits per heavy atom. The van der Waals surface area contributed by atoms with Crippen LogP contribution in [-0.4, -0.2) is 18.5 Å². The first-order chi connectivity index (χ1) is 10.9.